The zero-order chi connectivity index (χ0) is 11.4. The van der Waals surface area contributed by atoms with Gasteiger partial charge in [0.15, 0.2) is 0 Å². The van der Waals surface area contributed by atoms with Gasteiger partial charge in [-0.25, -0.2) is 0 Å². The molecule has 82 valence electrons. The van der Waals surface area contributed by atoms with Crippen molar-refractivity contribution >= 4 is 38.5 Å². The fraction of sp³-hybridized carbons (Fsp3) is 0.154. The zero-order valence-electron chi connectivity index (χ0n) is 8.61. The molecule has 1 unspecified atom stereocenters. The number of pyridine rings is 1. The maximum absolute atomic E-state index is 4.33. The van der Waals surface area contributed by atoms with Gasteiger partial charge in [-0.2, -0.15) is 0 Å². The van der Waals surface area contributed by atoms with Crippen LogP contribution in [0.2, 0.25) is 0 Å². The van der Waals surface area contributed by atoms with Gasteiger partial charge in [-0.3, -0.25) is 4.98 Å². The maximum Gasteiger partial charge on any atom is 0.0450 e. The number of nitrogens with zero attached hydrogens (tertiary/aromatic N) is 1. The topological polar surface area (TPSA) is 12.9 Å². The summed E-state index contributed by atoms with van der Waals surface area (Å²) >= 11 is 6.02. The van der Waals surface area contributed by atoms with Crippen LogP contribution < -0.4 is 0 Å². The van der Waals surface area contributed by atoms with Gasteiger partial charge < -0.3 is 0 Å². The fourth-order valence-electron chi connectivity index (χ4n) is 1.49. The van der Waals surface area contributed by atoms with Crippen molar-refractivity contribution < 1.29 is 0 Å². The normalized spacial score (nSPS) is 12.4. The summed E-state index contributed by atoms with van der Waals surface area (Å²) in [7, 11) is 0. The Morgan fingerprint density at radius 3 is 2.50 bits per heavy atom. The van der Waals surface area contributed by atoms with Gasteiger partial charge in [-0.05, 0) is 52.4 Å². The van der Waals surface area contributed by atoms with Crippen LogP contribution in [0.1, 0.15) is 16.1 Å². The lowest BCUT2D eigenvalue weighted by atomic mass is 10.1. The van der Waals surface area contributed by atoms with E-state index in [9.17, 15) is 0 Å². The summed E-state index contributed by atoms with van der Waals surface area (Å²) in [5.41, 5.74) is 2.41. The predicted octanol–water partition coefficient (Wildman–Crippen LogP) is 4.36. The number of halogens is 2. The second-order valence-electron chi connectivity index (χ2n) is 3.54. The monoisotopic (exact) mass is 387 g/mol. The number of hydrogen-bond donors (Lipinski definition) is 0. The van der Waals surface area contributed by atoms with Gasteiger partial charge in [-0.1, -0.05) is 34.1 Å². The third-order valence-electron chi connectivity index (χ3n) is 2.35. The van der Waals surface area contributed by atoms with Crippen molar-refractivity contribution in [3.05, 3.63) is 63.5 Å². The Bertz CT molecular complexity index is 441. The summed E-state index contributed by atoms with van der Waals surface area (Å²) in [4.78, 5) is 4.66. The van der Waals surface area contributed by atoms with Gasteiger partial charge in [0.05, 0.1) is 0 Å². The van der Waals surface area contributed by atoms with Crippen molar-refractivity contribution in [1.82, 2.24) is 4.98 Å². The largest absolute Gasteiger partial charge is 0.261 e. The van der Waals surface area contributed by atoms with E-state index in [4.69, 9.17) is 0 Å². The van der Waals surface area contributed by atoms with Crippen LogP contribution in [-0.4, -0.2) is 4.98 Å². The molecule has 0 saturated carbocycles. The van der Waals surface area contributed by atoms with E-state index in [0.29, 0.717) is 4.83 Å². The molecule has 0 spiro atoms. The van der Waals surface area contributed by atoms with Crippen LogP contribution in [0.25, 0.3) is 0 Å². The molecular weight excluding hydrogens is 377 g/mol. The minimum Gasteiger partial charge on any atom is -0.261 e. The predicted molar refractivity (Wildman–Crippen MR) is 78.8 cm³/mol. The van der Waals surface area contributed by atoms with E-state index in [2.05, 4.69) is 73.8 Å². The third-order valence-corrected chi connectivity index (χ3v) is 3.92. The highest BCUT2D eigenvalue weighted by molar-refractivity contribution is 14.1. The summed E-state index contributed by atoms with van der Waals surface area (Å²) in [5, 5.41) is 0. The Morgan fingerprint density at radius 1 is 1.12 bits per heavy atom. The molecule has 1 aromatic carbocycles. The molecule has 0 aliphatic rings. The van der Waals surface area contributed by atoms with Crippen LogP contribution in [0.3, 0.4) is 0 Å². The van der Waals surface area contributed by atoms with Crippen LogP contribution >= 0.6 is 38.5 Å². The number of rotatable bonds is 3. The van der Waals surface area contributed by atoms with Gasteiger partial charge in [0.25, 0.3) is 0 Å². The average Bonchev–Trinajstić information content (AvgIpc) is 2.31. The van der Waals surface area contributed by atoms with E-state index in [1.165, 1.54) is 9.13 Å². The smallest absolute Gasteiger partial charge is 0.0450 e. The molecule has 0 bridgehead atoms. The van der Waals surface area contributed by atoms with Crippen LogP contribution in [0.5, 0.6) is 0 Å². The first-order valence-electron chi connectivity index (χ1n) is 5.05. The number of alkyl halides is 1. The highest BCUT2D eigenvalue weighted by atomic mass is 127. The van der Waals surface area contributed by atoms with E-state index in [-0.39, 0.29) is 0 Å². The highest BCUT2D eigenvalue weighted by Crippen LogP contribution is 2.26. The molecule has 0 fully saturated rings. The molecular formula is C13H11BrIN. The van der Waals surface area contributed by atoms with E-state index < -0.39 is 0 Å². The summed E-state index contributed by atoms with van der Waals surface area (Å²) in [5.74, 6) is 0. The molecule has 0 saturated heterocycles. The van der Waals surface area contributed by atoms with Crippen LogP contribution in [0.15, 0.2) is 48.7 Å². The minimum absolute atomic E-state index is 0.333. The van der Waals surface area contributed by atoms with Crippen molar-refractivity contribution in [1.29, 1.82) is 0 Å². The first-order chi connectivity index (χ1) is 7.75. The molecule has 3 heteroatoms. The molecule has 2 rings (SSSR count). The van der Waals surface area contributed by atoms with E-state index in [1.807, 2.05) is 18.3 Å². The van der Waals surface area contributed by atoms with Crippen LogP contribution in [0, 0.1) is 3.57 Å². The molecule has 1 heterocycles. The van der Waals surface area contributed by atoms with Gasteiger partial charge >= 0.3 is 0 Å². The van der Waals surface area contributed by atoms with Crippen molar-refractivity contribution in [3.8, 4) is 0 Å². The van der Waals surface area contributed by atoms with Crippen molar-refractivity contribution in [2.24, 2.45) is 0 Å². The lowest BCUT2D eigenvalue weighted by molar-refractivity contribution is 0.904. The lowest BCUT2D eigenvalue weighted by Crippen LogP contribution is -1.97. The van der Waals surface area contributed by atoms with Crippen LogP contribution in [0.4, 0.5) is 0 Å². The fourth-order valence-corrected chi connectivity index (χ4v) is 2.49. The molecule has 0 aliphatic heterocycles. The Balaban J connectivity index is 2.09. The molecule has 0 aliphatic carbocycles. The van der Waals surface area contributed by atoms with Crippen molar-refractivity contribution in [2.75, 3.05) is 0 Å². The highest BCUT2D eigenvalue weighted by Gasteiger charge is 2.08. The zero-order valence-corrected chi connectivity index (χ0v) is 12.3. The lowest BCUT2D eigenvalue weighted by Gasteiger charge is -2.09. The van der Waals surface area contributed by atoms with E-state index >= 15 is 0 Å². The Kier molecular flexibility index (Phi) is 4.35. The Labute approximate surface area is 118 Å². The van der Waals surface area contributed by atoms with Crippen LogP contribution in [-0.2, 0) is 6.42 Å². The van der Waals surface area contributed by atoms with E-state index in [1.54, 1.807) is 0 Å². The summed E-state index contributed by atoms with van der Waals surface area (Å²) in [6.45, 7) is 0. The number of aromatic nitrogens is 1. The summed E-state index contributed by atoms with van der Waals surface area (Å²) < 4.78 is 1.26. The number of hydrogen-bond acceptors (Lipinski definition) is 1. The summed E-state index contributed by atoms with van der Waals surface area (Å²) in [6, 6.07) is 14.6. The third kappa shape index (κ3) is 3.28. The first kappa shape index (κ1) is 12.0. The van der Waals surface area contributed by atoms with Crippen molar-refractivity contribution in [3.63, 3.8) is 0 Å². The quantitative estimate of drug-likeness (QED) is 0.563. The van der Waals surface area contributed by atoms with E-state index in [0.717, 1.165) is 12.1 Å². The van der Waals surface area contributed by atoms with Gasteiger partial charge in [-0.15, -0.1) is 0 Å². The van der Waals surface area contributed by atoms with Gasteiger partial charge in [0, 0.05) is 26.7 Å². The molecule has 0 radical (unpaired) electrons. The second kappa shape index (κ2) is 5.77. The molecule has 0 amide bonds. The standard InChI is InChI=1S/C13H11BrIN/c14-13(9-12-3-1-2-8-16-12)10-4-6-11(15)7-5-10/h1-8,13H,9H2. The average molecular weight is 388 g/mol. The molecule has 2 aromatic rings. The maximum atomic E-state index is 4.33. The summed E-state index contributed by atoms with van der Waals surface area (Å²) in [6.07, 6.45) is 2.75. The first-order valence-corrected chi connectivity index (χ1v) is 7.04. The molecule has 1 aromatic heterocycles. The number of benzene rings is 1. The SMILES string of the molecule is BrC(Cc1ccccn1)c1ccc(I)cc1. The van der Waals surface area contributed by atoms with Crippen molar-refractivity contribution in [2.45, 2.75) is 11.2 Å². The Morgan fingerprint density at radius 2 is 1.88 bits per heavy atom. The van der Waals surface area contributed by atoms with Gasteiger partial charge in [0.2, 0.25) is 0 Å². The Hall–Kier alpha value is -0.420. The molecule has 1 atom stereocenters. The second-order valence-corrected chi connectivity index (χ2v) is 5.90. The molecule has 1 nitrogen and oxygen atoms in total. The molecule has 16 heavy (non-hydrogen) atoms. The molecule has 0 N–H and O–H groups in total. The minimum atomic E-state index is 0.333. The van der Waals surface area contributed by atoms with Gasteiger partial charge in [0.1, 0.15) is 0 Å².